The van der Waals surface area contributed by atoms with Crippen molar-refractivity contribution in [3.63, 3.8) is 0 Å². The molecule has 21 heteroatoms. The molecule has 0 spiro atoms. The largest absolute Gasteiger partial charge is 0.465 e. The van der Waals surface area contributed by atoms with Gasteiger partial charge in [0, 0.05) is 65.9 Å². The van der Waals surface area contributed by atoms with Crippen LogP contribution in [0.15, 0.2) is 215 Å². The molecule has 0 aliphatic carbocycles. The van der Waals surface area contributed by atoms with Crippen LogP contribution in [0.5, 0.6) is 0 Å². The highest BCUT2D eigenvalue weighted by molar-refractivity contribution is 14.1. The number of nitrogens with zero attached hydrogens (tertiary/aromatic N) is 2. The van der Waals surface area contributed by atoms with Gasteiger partial charge in [-0.05, 0) is 156 Å². The summed E-state index contributed by atoms with van der Waals surface area (Å²) in [6.07, 6.45) is 0. The molecule has 0 heterocycles. The number of ether oxygens (including phenoxy) is 6. The quantitative estimate of drug-likeness (QED) is 0.0335. The van der Waals surface area contributed by atoms with E-state index in [1.165, 1.54) is 42.7 Å². The van der Waals surface area contributed by atoms with E-state index in [1.54, 1.807) is 65.3 Å². The summed E-state index contributed by atoms with van der Waals surface area (Å²) in [6.45, 7) is 1.75. The van der Waals surface area contributed by atoms with Crippen molar-refractivity contribution in [2.75, 3.05) is 69.6 Å². The minimum atomic E-state index is -0.681. The predicted molar refractivity (Wildman–Crippen MR) is 364 cm³/mol. The number of hydrogen-bond donors (Lipinski definition) is 3. The Hall–Kier alpha value is -9.29. The lowest BCUT2D eigenvalue weighted by Crippen LogP contribution is -2.21. The molecule has 89 heavy (non-hydrogen) atoms. The summed E-state index contributed by atoms with van der Waals surface area (Å²) in [7, 11) is 12.3. The van der Waals surface area contributed by atoms with Crippen LogP contribution in [0.4, 0.5) is 56.9 Å². The number of carbonyl (C=O) groups excluding carboxylic acids is 6. The van der Waals surface area contributed by atoms with Crippen LogP contribution in [0.25, 0.3) is 0 Å². The van der Waals surface area contributed by atoms with Gasteiger partial charge in [-0.1, -0.05) is 117 Å². The van der Waals surface area contributed by atoms with E-state index in [0.717, 1.165) is 22.7 Å². The van der Waals surface area contributed by atoms with Crippen LogP contribution in [0, 0.1) is 10.5 Å². The fourth-order valence-electron chi connectivity index (χ4n) is 8.82. The third kappa shape index (κ3) is 18.4. The molecular formula is C68H62BBr2IN4O13. The third-order valence-electron chi connectivity index (χ3n) is 12.6. The fourth-order valence-corrected chi connectivity index (χ4v) is 10.5. The minimum absolute atomic E-state index is 0. The maximum atomic E-state index is 13.3. The molecule has 0 aliphatic heterocycles. The molecule has 0 atom stereocenters. The third-order valence-corrected chi connectivity index (χ3v) is 14.7. The van der Waals surface area contributed by atoms with Crippen LogP contribution in [0.2, 0.25) is 0 Å². The van der Waals surface area contributed by atoms with Crippen molar-refractivity contribution in [1.82, 2.24) is 0 Å². The highest BCUT2D eigenvalue weighted by Gasteiger charge is 2.31. The summed E-state index contributed by atoms with van der Waals surface area (Å²) in [5.74, 6) is -3.65. The normalized spacial score (nSPS) is 10.2. The topological polar surface area (TPSA) is 209 Å². The van der Waals surface area contributed by atoms with Gasteiger partial charge in [0.25, 0.3) is 0 Å². The van der Waals surface area contributed by atoms with Gasteiger partial charge in [-0.3, -0.25) is 0 Å². The van der Waals surface area contributed by atoms with E-state index in [-0.39, 0.29) is 41.6 Å². The number of rotatable bonds is 17. The Bertz CT molecular complexity index is 3630. The Morgan fingerprint density at radius 2 is 0.697 bits per heavy atom. The van der Waals surface area contributed by atoms with Crippen LogP contribution in [-0.2, 0) is 28.4 Å². The Balaban J connectivity index is 0.000000297. The summed E-state index contributed by atoms with van der Waals surface area (Å²) in [5, 5.41) is 10.3. The number of nitrogens with one attached hydrogen (secondary N) is 2. The Labute approximate surface area is 550 Å². The number of methoxy groups -OCH3 is 6. The fraction of sp³-hybridized carbons (Fsp3) is 0.118. The predicted octanol–water partition coefficient (Wildman–Crippen LogP) is 16.0. The summed E-state index contributed by atoms with van der Waals surface area (Å²) in [4.78, 5) is 79.8. The van der Waals surface area contributed by atoms with E-state index in [4.69, 9.17) is 20.4 Å². The van der Waals surface area contributed by atoms with E-state index in [1.807, 2.05) is 138 Å². The SMILES string of the molecule is COC(=O)c1cc(Br)cc(C(=O)OC)c1I.COC(=O)c1cc(C)cc(C(=O)OC)c1N(c1ccccc1)c1cccc(N(c2ccccc2)c2c(C(=O)OC)cc(Br)cc2C(=O)OC)c1.[2HH].[2H]OC[B].c1ccc(Nc2cccc(Nc3ccccc3)c2)cc1. The number of aliphatic hydroxyl groups excluding tert-OH is 1. The van der Waals surface area contributed by atoms with Crippen LogP contribution in [-0.4, -0.2) is 99.4 Å². The number of carbonyl (C=O) groups is 6. The number of para-hydroxylation sites is 4. The smallest absolute Gasteiger partial charge is 0.340 e. The molecule has 0 aromatic heterocycles. The van der Waals surface area contributed by atoms with Crippen LogP contribution >= 0.6 is 54.5 Å². The first kappa shape index (κ1) is 67.2. The van der Waals surface area contributed by atoms with Gasteiger partial charge in [0.05, 0.1) is 87.4 Å². The zero-order chi connectivity index (χ0) is 65.3. The van der Waals surface area contributed by atoms with Crippen molar-refractivity contribution in [2.45, 2.75) is 6.92 Å². The summed E-state index contributed by atoms with van der Waals surface area (Å²) < 4.78 is 37.4. The summed E-state index contributed by atoms with van der Waals surface area (Å²) in [6, 6.07) is 63.8. The number of esters is 6. The second kappa shape index (κ2) is 34.3. The molecule has 0 saturated carbocycles. The molecule has 0 unspecified atom stereocenters. The monoisotopic (exact) mass is 1440 g/mol. The minimum Gasteiger partial charge on any atom is -0.465 e. The Kier molecular flexibility index (Phi) is 25.9. The number of hydrogen-bond acceptors (Lipinski definition) is 17. The number of aliphatic hydroxyl groups is 1. The number of halogens is 3. The molecule has 456 valence electrons. The molecule has 0 aliphatic rings. The molecule has 2 radical (unpaired) electrons. The lowest BCUT2D eigenvalue weighted by atomic mass is 10.00. The van der Waals surface area contributed by atoms with Crippen molar-refractivity contribution in [3.8, 4) is 0 Å². The van der Waals surface area contributed by atoms with Crippen molar-refractivity contribution < 1.29 is 63.7 Å². The molecule has 0 saturated heterocycles. The molecule has 0 amide bonds. The first-order valence-electron chi connectivity index (χ1n) is 27.2. The van der Waals surface area contributed by atoms with Gasteiger partial charge in [0.1, 0.15) is 7.85 Å². The van der Waals surface area contributed by atoms with Gasteiger partial charge in [-0.2, -0.15) is 0 Å². The molecular weight excluding hydrogens is 1380 g/mol. The highest BCUT2D eigenvalue weighted by Crippen LogP contribution is 2.46. The van der Waals surface area contributed by atoms with E-state index in [2.05, 4.69) is 107 Å². The van der Waals surface area contributed by atoms with Gasteiger partial charge in [-0.25, -0.2) is 28.8 Å². The van der Waals surface area contributed by atoms with Crippen molar-refractivity contribution in [1.29, 1.82) is 1.43 Å². The van der Waals surface area contributed by atoms with Crippen LogP contribution in [0.1, 0.15) is 69.1 Å². The molecule has 0 fully saturated rings. The first-order valence-corrected chi connectivity index (χ1v) is 29.4. The van der Waals surface area contributed by atoms with Gasteiger partial charge in [0.2, 0.25) is 1.43 Å². The van der Waals surface area contributed by atoms with Gasteiger partial charge < -0.3 is 54.0 Å². The second-order valence-corrected chi connectivity index (χ2v) is 21.3. The summed E-state index contributed by atoms with van der Waals surface area (Å²) >= 11 is 8.56. The molecule has 9 aromatic carbocycles. The lowest BCUT2D eigenvalue weighted by Gasteiger charge is -2.32. The van der Waals surface area contributed by atoms with Gasteiger partial charge in [-0.15, -0.1) is 0 Å². The van der Waals surface area contributed by atoms with E-state index in [9.17, 15) is 28.8 Å². The molecule has 17 nitrogen and oxygen atoms in total. The standard InChI is InChI=1S/C39H33BrN2O8.C18H16N2.C10H8BrIO4.CH3BO.H2/c1-24-19-30(36(43)47-2)34(31(20-24)37(44)48-3)41(26-13-8-6-9-14-26)28-17-12-18-29(23-28)42(27-15-10-7-11-16-27)35-32(38(45)49-4)21-25(40)22-33(35)39(46)50-5;1-3-8-15(9-4-1)19-17-12-7-13-18(14-17)20-16-10-5-2-6-11-16;1-15-9(13)6-3-5(11)4-7(8(6)12)10(14)16-2;2-1-3;/h6-23H,1-5H3;1-14,19-20H;3-4H,1-2H3;3H,1H2;1H/i;;;3D;1+1. The highest BCUT2D eigenvalue weighted by atomic mass is 127. The van der Waals surface area contributed by atoms with E-state index < -0.39 is 35.8 Å². The van der Waals surface area contributed by atoms with Crippen molar-refractivity contribution >= 4 is 155 Å². The van der Waals surface area contributed by atoms with Gasteiger partial charge in [0.15, 0.2) is 0 Å². The number of aryl methyl sites for hydroxylation is 1. The Morgan fingerprint density at radius 3 is 1.02 bits per heavy atom. The molecule has 3 N–H and O–H groups in total. The molecule has 0 bridgehead atoms. The summed E-state index contributed by atoms with van der Waals surface area (Å²) in [5.41, 5.74) is 8.77. The van der Waals surface area contributed by atoms with Gasteiger partial charge >= 0.3 is 35.8 Å². The van der Waals surface area contributed by atoms with Crippen molar-refractivity contribution in [3.05, 3.63) is 258 Å². The van der Waals surface area contributed by atoms with Crippen LogP contribution in [0.3, 0.4) is 0 Å². The number of benzene rings is 9. The van der Waals surface area contributed by atoms with E-state index in [0.29, 0.717) is 52.0 Å². The van der Waals surface area contributed by atoms with E-state index >= 15 is 0 Å². The Morgan fingerprint density at radius 1 is 0.427 bits per heavy atom. The average Bonchev–Trinajstić information content (AvgIpc) is 1.65. The average molecular weight is 1440 g/mol. The van der Waals surface area contributed by atoms with Crippen molar-refractivity contribution in [2.24, 2.45) is 0 Å². The second-order valence-electron chi connectivity index (χ2n) is 18.4. The molecule has 9 aromatic rings. The maximum Gasteiger partial charge on any atom is 0.340 e. The zero-order valence-electron chi connectivity index (χ0n) is 50.2. The number of anilines is 10. The van der Waals surface area contributed by atoms with Crippen LogP contribution < -0.4 is 20.4 Å². The molecule has 9 rings (SSSR count). The lowest BCUT2D eigenvalue weighted by molar-refractivity contribution is 0.0580. The first-order chi connectivity index (χ1) is 43.4. The maximum absolute atomic E-state index is 13.3. The zero-order valence-corrected chi connectivity index (χ0v) is 54.6.